The fraction of sp³-hybridized carbons (Fsp3) is 0.533. The van der Waals surface area contributed by atoms with Crippen LogP contribution in [0.4, 0.5) is 0 Å². The van der Waals surface area contributed by atoms with E-state index in [9.17, 15) is 4.79 Å². The standard InChI is InChI=1S/C15H18O2/c16-15(11-5-1-2-6-11)13-9-10-17-14-8-4-3-7-12(13)14/h3-4,7-8,11,13H,1-2,5-6,9-10H2. The maximum Gasteiger partial charge on any atom is 0.143 e. The van der Waals surface area contributed by atoms with Gasteiger partial charge in [0, 0.05) is 17.4 Å². The normalized spacial score (nSPS) is 24.1. The number of carbonyl (C=O) groups excluding carboxylic acids is 1. The Hall–Kier alpha value is -1.31. The number of rotatable bonds is 2. The van der Waals surface area contributed by atoms with E-state index in [1.54, 1.807) is 0 Å². The van der Waals surface area contributed by atoms with Gasteiger partial charge in [-0.3, -0.25) is 4.79 Å². The van der Waals surface area contributed by atoms with Crippen LogP contribution in [0, 0.1) is 5.92 Å². The number of carbonyl (C=O) groups is 1. The first-order valence-corrected chi connectivity index (χ1v) is 6.62. The molecule has 1 saturated carbocycles. The van der Waals surface area contributed by atoms with Gasteiger partial charge >= 0.3 is 0 Å². The van der Waals surface area contributed by atoms with Crippen LogP contribution in [0.2, 0.25) is 0 Å². The molecule has 0 amide bonds. The fourth-order valence-corrected chi connectivity index (χ4v) is 3.13. The molecular weight excluding hydrogens is 212 g/mol. The Bertz CT molecular complexity index is 419. The second kappa shape index (κ2) is 4.52. The lowest BCUT2D eigenvalue weighted by Gasteiger charge is -2.26. The smallest absolute Gasteiger partial charge is 0.143 e. The second-order valence-electron chi connectivity index (χ2n) is 5.11. The number of fused-ring (bicyclic) bond motifs is 1. The number of Topliss-reactive ketones (excluding diaryl/α,β-unsaturated/α-hetero) is 1. The fourth-order valence-electron chi connectivity index (χ4n) is 3.13. The largest absolute Gasteiger partial charge is 0.493 e. The Morgan fingerprint density at radius 2 is 1.88 bits per heavy atom. The van der Waals surface area contributed by atoms with Crippen LogP contribution < -0.4 is 4.74 Å². The maximum atomic E-state index is 12.5. The van der Waals surface area contributed by atoms with Gasteiger partial charge < -0.3 is 4.74 Å². The summed E-state index contributed by atoms with van der Waals surface area (Å²) in [5.74, 6) is 1.77. The molecule has 0 saturated heterocycles. The predicted octanol–water partition coefficient (Wildman–Crippen LogP) is 3.31. The van der Waals surface area contributed by atoms with E-state index in [4.69, 9.17) is 4.74 Å². The van der Waals surface area contributed by atoms with Gasteiger partial charge in [-0.25, -0.2) is 0 Å². The van der Waals surface area contributed by atoms with Gasteiger partial charge in [-0.15, -0.1) is 0 Å². The van der Waals surface area contributed by atoms with Crippen LogP contribution >= 0.6 is 0 Å². The molecule has 0 aromatic heterocycles. The van der Waals surface area contributed by atoms with Crippen LogP contribution in [0.5, 0.6) is 5.75 Å². The molecule has 0 bridgehead atoms. The predicted molar refractivity (Wildman–Crippen MR) is 66.3 cm³/mol. The van der Waals surface area contributed by atoms with Crippen molar-refractivity contribution in [3.63, 3.8) is 0 Å². The molecule has 2 heteroatoms. The van der Waals surface area contributed by atoms with Crippen LogP contribution in [0.25, 0.3) is 0 Å². The van der Waals surface area contributed by atoms with Crippen molar-refractivity contribution in [3.05, 3.63) is 29.8 Å². The van der Waals surface area contributed by atoms with E-state index in [-0.39, 0.29) is 5.92 Å². The third kappa shape index (κ3) is 1.97. The van der Waals surface area contributed by atoms with E-state index in [1.165, 1.54) is 12.8 Å². The van der Waals surface area contributed by atoms with Crippen LogP contribution in [0.3, 0.4) is 0 Å². The average molecular weight is 230 g/mol. The van der Waals surface area contributed by atoms with Gasteiger partial charge in [0.2, 0.25) is 0 Å². The number of ketones is 1. The Morgan fingerprint density at radius 1 is 1.12 bits per heavy atom. The monoisotopic (exact) mass is 230 g/mol. The molecule has 1 aliphatic carbocycles. The van der Waals surface area contributed by atoms with E-state index < -0.39 is 0 Å². The molecular formula is C15H18O2. The van der Waals surface area contributed by atoms with Crippen molar-refractivity contribution in [1.82, 2.24) is 0 Å². The van der Waals surface area contributed by atoms with Gasteiger partial charge in [0.05, 0.1) is 6.61 Å². The highest BCUT2D eigenvalue weighted by molar-refractivity contribution is 5.89. The molecule has 1 aliphatic heterocycles. The van der Waals surface area contributed by atoms with Crippen LogP contribution in [-0.4, -0.2) is 12.4 Å². The van der Waals surface area contributed by atoms with Gasteiger partial charge in [0.1, 0.15) is 11.5 Å². The van der Waals surface area contributed by atoms with Crippen LogP contribution in [0.15, 0.2) is 24.3 Å². The number of hydrogen-bond acceptors (Lipinski definition) is 2. The topological polar surface area (TPSA) is 26.3 Å². The minimum atomic E-state index is 0.0862. The molecule has 1 atom stereocenters. The zero-order chi connectivity index (χ0) is 11.7. The van der Waals surface area contributed by atoms with Crippen molar-refractivity contribution in [2.75, 3.05) is 6.61 Å². The molecule has 90 valence electrons. The molecule has 17 heavy (non-hydrogen) atoms. The molecule has 0 spiro atoms. The number of hydrogen-bond donors (Lipinski definition) is 0. The molecule has 1 heterocycles. The Labute approximate surface area is 102 Å². The summed E-state index contributed by atoms with van der Waals surface area (Å²) in [4.78, 5) is 12.5. The molecule has 1 fully saturated rings. The van der Waals surface area contributed by atoms with Crippen LogP contribution in [0.1, 0.15) is 43.6 Å². The lowest BCUT2D eigenvalue weighted by Crippen LogP contribution is -2.25. The summed E-state index contributed by atoms with van der Waals surface area (Å²) in [5.41, 5.74) is 1.11. The first kappa shape index (κ1) is 10.8. The van der Waals surface area contributed by atoms with Crippen molar-refractivity contribution < 1.29 is 9.53 Å². The summed E-state index contributed by atoms with van der Waals surface area (Å²) < 4.78 is 5.61. The quantitative estimate of drug-likeness (QED) is 0.779. The van der Waals surface area contributed by atoms with Gasteiger partial charge in [-0.05, 0) is 25.3 Å². The summed E-state index contributed by atoms with van der Waals surface area (Å²) >= 11 is 0. The van der Waals surface area contributed by atoms with Gasteiger partial charge in [-0.1, -0.05) is 31.0 Å². The lowest BCUT2D eigenvalue weighted by molar-refractivity contribution is -0.124. The Balaban J connectivity index is 1.86. The SMILES string of the molecule is O=C(C1CCCC1)C1CCOc2ccccc21. The summed E-state index contributed by atoms with van der Waals surface area (Å²) in [7, 11) is 0. The van der Waals surface area contributed by atoms with Crippen molar-refractivity contribution >= 4 is 5.78 Å². The summed E-state index contributed by atoms with van der Waals surface area (Å²) in [6, 6.07) is 8.00. The lowest BCUT2D eigenvalue weighted by atomic mass is 9.83. The van der Waals surface area contributed by atoms with Crippen molar-refractivity contribution in [2.24, 2.45) is 5.92 Å². The summed E-state index contributed by atoms with van der Waals surface area (Å²) in [6.45, 7) is 0.681. The highest BCUT2D eigenvalue weighted by atomic mass is 16.5. The minimum Gasteiger partial charge on any atom is -0.493 e. The molecule has 1 aromatic rings. The van der Waals surface area contributed by atoms with Gasteiger partial charge in [0.15, 0.2) is 0 Å². The van der Waals surface area contributed by atoms with Crippen molar-refractivity contribution in [2.45, 2.75) is 38.0 Å². The Morgan fingerprint density at radius 3 is 2.71 bits per heavy atom. The molecule has 1 unspecified atom stereocenters. The summed E-state index contributed by atoms with van der Waals surface area (Å²) in [5, 5.41) is 0. The first-order valence-electron chi connectivity index (χ1n) is 6.62. The first-order chi connectivity index (χ1) is 8.36. The molecule has 0 radical (unpaired) electrons. The minimum absolute atomic E-state index is 0.0862. The zero-order valence-electron chi connectivity index (χ0n) is 10.0. The van der Waals surface area contributed by atoms with E-state index in [1.807, 2.05) is 24.3 Å². The number of para-hydroxylation sites is 1. The third-order valence-electron chi connectivity index (χ3n) is 4.06. The van der Waals surface area contributed by atoms with Crippen molar-refractivity contribution in [1.29, 1.82) is 0 Å². The van der Waals surface area contributed by atoms with Gasteiger partial charge in [-0.2, -0.15) is 0 Å². The van der Waals surface area contributed by atoms with Crippen molar-refractivity contribution in [3.8, 4) is 5.75 Å². The molecule has 2 aliphatic rings. The van der Waals surface area contributed by atoms with Gasteiger partial charge in [0.25, 0.3) is 0 Å². The van der Waals surface area contributed by atoms with E-state index in [0.717, 1.165) is 30.6 Å². The molecule has 1 aromatic carbocycles. The number of ether oxygens (including phenoxy) is 1. The number of benzene rings is 1. The Kier molecular flexibility index (Phi) is 2.87. The second-order valence-corrected chi connectivity index (χ2v) is 5.11. The zero-order valence-corrected chi connectivity index (χ0v) is 10.0. The third-order valence-corrected chi connectivity index (χ3v) is 4.06. The van der Waals surface area contributed by atoms with E-state index >= 15 is 0 Å². The summed E-state index contributed by atoms with van der Waals surface area (Å²) in [6.07, 6.45) is 5.49. The molecule has 0 N–H and O–H groups in total. The highest BCUT2D eigenvalue weighted by Crippen LogP contribution is 2.38. The highest BCUT2D eigenvalue weighted by Gasteiger charge is 2.33. The molecule has 2 nitrogen and oxygen atoms in total. The van der Waals surface area contributed by atoms with E-state index in [0.29, 0.717) is 18.3 Å². The maximum absolute atomic E-state index is 12.5. The van der Waals surface area contributed by atoms with Crippen LogP contribution in [-0.2, 0) is 4.79 Å². The molecule has 3 rings (SSSR count). The van der Waals surface area contributed by atoms with E-state index in [2.05, 4.69) is 0 Å². The average Bonchev–Trinajstić information content (AvgIpc) is 2.91.